The lowest BCUT2D eigenvalue weighted by atomic mass is 9.97. The zero-order valence-corrected chi connectivity index (χ0v) is 10.4. The van der Waals surface area contributed by atoms with Gasteiger partial charge in [0.25, 0.3) is 0 Å². The molecule has 17 heavy (non-hydrogen) atoms. The number of hydrogen-bond acceptors (Lipinski definition) is 0. The summed E-state index contributed by atoms with van der Waals surface area (Å²) in [5.41, 5.74) is 4.53. The molecule has 3 rings (SSSR count). The van der Waals surface area contributed by atoms with Gasteiger partial charge in [-0.2, -0.15) is 0 Å². The summed E-state index contributed by atoms with van der Waals surface area (Å²) in [4.78, 5) is 0. The molecule has 0 saturated carbocycles. The first-order chi connectivity index (χ1) is 8.36. The first kappa shape index (κ1) is 10.6. The Morgan fingerprint density at radius 2 is 1.76 bits per heavy atom. The predicted octanol–water partition coefficient (Wildman–Crippen LogP) is 3.98. The molecule has 1 aliphatic carbocycles. The Morgan fingerprint density at radius 3 is 2.59 bits per heavy atom. The minimum atomic E-state index is 0.457. The lowest BCUT2D eigenvalue weighted by Crippen LogP contribution is -2.12. The fourth-order valence-corrected chi connectivity index (χ4v) is 2.90. The van der Waals surface area contributed by atoms with Crippen molar-refractivity contribution < 1.29 is 0 Å². The maximum Gasteiger partial charge on any atom is 0.0554 e. The van der Waals surface area contributed by atoms with Gasteiger partial charge in [-0.15, -0.1) is 0 Å². The third kappa shape index (κ3) is 1.90. The molecule has 0 saturated heterocycles. The third-order valence-electron chi connectivity index (χ3n) is 3.93. The zero-order valence-electron chi connectivity index (χ0n) is 10.4. The molecule has 1 heteroatoms. The van der Waals surface area contributed by atoms with Gasteiger partial charge in [0, 0.05) is 11.9 Å². The van der Waals surface area contributed by atoms with Gasteiger partial charge < -0.3 is 4.57 Å². The first-order valence-electron chi connectivity index (χ1n) is 6.60. The fraction of sp³-hybridized carbons (Fsp3) is 0.375. The van der Waals surface area contributed by atoms with E-state index in [1.165, 1.54) is 31.2 Å². The Balaban J connectivity index is 1.97. The lowest BCUT2D eigenvalue weighted by molar-refractivity contribution is 0.572. The maximum atomic E-state index is 2.46. The van der Waals surface area contributed by atoms with Crippen LogP contribution in [0.5, 0.6) is 0 Å². The van der Waals surface area contributed by atoms with Gasteiger partial charge in [-0.1, -0.05) is 30.3 Å². The summed E-state index contributed by atoms with van der Waals surface area (Å²) >= 11 is 0. The summed E-state index contributed by atoms with van der Waals surface area (Å²) in [7, 11) is 0. The van der Waals surface area contributed by atoms with Crippen molar-refractivity contribution in [3.63, 3.8) is 0 Å². The van der Waals surface area contributed by atoms with Crippen molar-refractivity contribution in [2.75, 3.05) is 0 Å². The van der Waals surface area contributed by atoms with Crippen LogP contribution in [0, 0.1) is 0 Å². The number of nitrogens with zero attached hydrogens (tertiary/aromatic N) is 1. The molecule has 0 amide bonds. The van der Waals surface area contributed by atoms with E-state index in [4.69, 9.17) is 0 Å². The molecule has 2 aromatic rings. The zero-order chi connectivity index (χ0) is 11.7. The molecule has 0 N–H and O–H groups in total. The Bertz CT molecular complexity index is 495. The molecule has 0 spiro atoms. The summed E-state index contributed by atoms with van der Waals surface area (Å²) < 4.78 is 2.46. The highest BCUT2D eigenvalue weighted by atomic mass is 15.0. The van der Waals surface area contributed by atoms with E-state index < -0.39 is 0 Å². The first-order valence-corrected chi connectivity index (χ1v) is 6.60. The standard InChI is InChI=1S/C16H19N/c1-13(14-7-3-2-4-8-14)17-12-11-15-9-5-6-10-16(15)17/h2-4,7-8,11-13H,5-6,9-10H2,1H3/t13-/m0/s1. The third-order valence-corrected chi connectivity index (χ3v) is 3.93. The molecule has 1 aromatic carbocycles. The van der Waals surface area contributed by atoms with Crippen molar-refractivity contribution >= 4 is 0 Å². The summed E-state index contributed by atoms with van der Waals surface area (Å²) in [6.45, 7) is 2.30. The lowest BCUT2D eigenvalue weighted by Gasteiger charge is -2.21. The molecule has 1 atom stereocenters. The second kappa shape index (κ2) is 4.40. The monoisotopic (exact) mass is 225 g/mol. The number of fused-ring (bicyclic) bond motifs is 1. The van der Waals surface area contributed by atoms with Crippen LogP contribution in [0.2, 0.25) is 0 Å². The topological polar surface area (TPSA) is 4.93 Å². The van der Waals surface area contributed by atoms with E-state index >= 15 is 0 Å². The van der Waals surface area contributed by atoms with Gasteiger partial charge >= 0.3 is 0 Å². The van der Waals surface area contributed by atoms with Crippen LogP contribution in [0.1, 0.15) is 42.6 Å². The summed E-state index contributed by atoms with van der Waals surface area (Å²) in [6, 6.07) is 13.6. The molecular weight excluding hydrogens is 206 g/mol. The van der Waals surface area contributed by atoms with Crippen molar-refractivity contribution in [3.8, 4) is 0 Å². The number of aryl methyl sites for hydroxylation is 1. The second-order valence-corrected chi connectivity index (χ2v) is 4.99. The molecule has 0 unspecified atom stereocenters. The SMILES string of the molecule is C[C@@H](c1ccccc1)n1ccc2c1CCCC2. The molecule has 0 fully saturated rings. The van der Waals surface area contributed by atoms with Gasteiger partial charge in [-0.3, -0.25) is 0 Å². The Labute approximate surface area is 103 Å². The van der Waals surface area contributed by atoms with Crippen LogP contribution >= 0.6 is 0 Å². The highest BCUT2D eigenvalue weighted by Crippen LogP contribution is 2.27. The van der Waals surface area contributed by atoms with E-state index in [0.29, 0.717) is 6.04 Å². The second-order valence-electron chi connectivity index (χ2n) is 4.99. The van der Waals surface area contributed by atoms with Gasteiger partial charge in [-0.05, 0) is 49.8 Å². The van der Waals surface area contributed by atoms with E-state index in [2.05, 4.69) is 54.1 Å². The average molecular weight is 225 g/mol. The molecular formula is C16H19N. The van der Waals surface area contributed by atoms with Gasteiger partial charge in [0.15, 0.2) is 0 Å². The van der Waals surface area contributed by atoms with Crippen LogP contribution in [0.3, 0.4) is 0 Å². The van der Waals surface area contributed by atoms with Crippen LogP contribution in [0.25, 0.3) is 0 Å². The van der Waals surface area contributed by atoms with Crippen molar-refractivity contribution in [1.82, 2.24) is 4.57 Å². The summed E-state index contributed by atoms with van der Waals surface area (Å²) in [5, 5.41) is 0. The molecule has 0 aliphatic heterocycles. The number of benzene rings is 1. The molecule has 1 heterocycles. The van der Waals surface area contributed by atoms with Crippen LogP contribution in [0.4, 0.5) is 0 Å². The van der Waals surface area contributed by atoms with E-state index in [1.807, 2.05) is 0 Å². The van der Waals surface area contributed by atoms with E-state index in [-0.39, 0.29) is 0 Å². The predicted molar refractivity (Wildman–Crippen MR) is 71.3 cm³/mol. The summed E-state index contributed by atoms with van der Waals surface area (Å²) in [5.74, 6) is 0. The van der Waals surface area contributed by atoms with E-state index in [1.54, 1.807) is 11.3 Å². The number of hydrogen-bond donors (Lipinski definition) is 0. The van der Waals surface area contributed by atoms with Crippen molar-refractivity contribution in [3.05, 3.63) is 59.4 Å². The smallest absolute Gasteiger partial charge is 0.0554 e. The highest BCUT2D eigenvalue weighted by molar-refractivity contribution is 5.28. The highest BCUT2D eigenvalue weighted by Gasteiger charge is 2.17. The maximum absolute atomic E-state index is 2.46. The van der Waals surface area contributed by atoms with Crippen LogP contribution in [0.15, 0.2) is 42.6 Å². The Morgan fingerprint density at radius 1 is 1.00 bits per heavy atom. The Kier molecular flexibility index (Phi) is 2.76. The molecule has 1 aromatic heterocycles. The quantitative estimate of drug-likeness (QED) is 0.728. The van der Waals surface area contributed by atoms with Crippen LogP contribution < -0.4 is 0 Å². The number of aromatic nitrogens is 1. The summed E-state index contributed by atoms with van der Waals surface area (Å²) in [6.07, 6.45) is 7.49. The minimum absolute atomic E-state index is 0.457. The van der Waals surface area contributed by atoms with Gasteiger partial charge in [0.2, 0.25) is 0 Å². The molecule has 88 valence electrons. The Hall–Kier alpha value is -1.50. The molecule has 0 bridgehead atoms. The van der Waals surface area contributed by atoms with Crippen molar-refractivity contribution in [1.29, 1.82) is 0 Å². The fourth-order valence-electron chi connectivity index (χ4n) is 2.90. The van der Waals surface area contributed by atoms with E-state index in [9.17, 15) is 0 Å². The van der Waals surface area contributed by atoms with Gasteiger partial charge in [0.05, 0.1) is 6.04 Å². The van der Waals surface area contributed by atoms with Crippen LogP contribution in [-0.2, 0) is 12.8 Å². The van der Waals surface area contributed by atoms with Gasteiger partial charge in [0.1, 0.15) is 0 Å². The van der Waals surface area contributed by atoms with Crippen LogP contribution in [-0.4, -0.2) is 4.57 Å². The normalized spacial score (nSPS) is 16.5. The largest absolute Gasteiger partial charge is 0.344 e. The van der Waals surface area contributed by atoms with Crippen molar-refractivity contribution in [2.45, 2.75) is 38.6 Å². The van der Waals surface area contributed by atoms with E-state index in [0.717, 1.165) is 0 Å². The van der Waals surface area contributed by atoms with Crippen molar-refractivity contribution in [2.24, 2.45) is 0 Å². The molecule has 0 radical (unpaired) electrons. The minimum Gasteiger partial charge on any atom is -0.344 e. The molecule has 1 nitrogen and oxygen atoms in total. The number of rotatable bonds is 2. The molecule has 1 aliphatic rings. The van der Waals surface area contributed by atoms with Gasteiger partial charge in [-0.25, -0.2) is 0 Å². The average Bonchev–Trinajstić information content (AvgIpc) is 2.83.